The maximum absolute atomic E-state index is 13.3. The number of methoxy groups -OCH3 is 2. The van der Waals surface area contributed by atoms with Gasteiger partial charge in [0.1, 0.15) is 29.1 Å². The summed E-state index contributed by atoms with van der Waals surface area (Å²) < 4.78 is 22.0. The summed E-state index contributed by atoms with van der Waals surface area (Å²) in [4.78, 5) is 25.8. The van der Waals surface area contributed by atoms with E-state index in [1.165, 1.54) is 20.3 Å². The molecule has 11 nitrogen and oxygen atoms in total. The molecule has 0 fully saturated rings. The molecule has 0 unspecified atom stereocenters. The number of carbonyl (C=O) groups is 1. The van der Waals surface area contributed by atoms with Gasteiger partial charge in [0.15, 0.2) is 28.8 Å². The third kappa shape index (κ3) is 5.55. The largest absolute Gasteiger partial charge is 0.507 e. The molecule has 0 saturated heterocycles. The third-order valence-corrected chi connectivity index (χ3v) is 6.39. The summed E-state index contributed by atoms with van der Waals surface area (Å²) >= 11 is 0. The number of phenolic OH excluding ortho intramolecular Hbond substituents is 4. The van der Waals surface area contributed by atoms with Crippen LogP contribution < -0.4 is 14.9 Å². The van der Waals surface area contributed by atoms with E-state index in [4.69, 9.17) is 18.6 Å². The molecule has 0 saturated carbocycles. The smallest absolute Gasteiger partial charge is 0.306 e. The second-order valence-corrected chi connectivity index (χ2v) is 9.33. The van der Waals surface area contributed by atoms with E-state index in [1.54, 1.807) is 25.1 Å². The van der Waals surface area contributed by atoms with E-state index in [2.05, 4.69) is 6.58 Å². The number of benzene rings is 3. The number of hydrogen-bond donors (Lipinski definition) is 5. The predicted octanol–water partition coefficient (Wildman–Crippen LogP) is 4.65. The first-order valence-corrected chi connectivity index (χ1v) is 12.3. The van der Waals surface area contributed by atoms with Crippen LogP contribution in [0.5, 0.6) is 40.2 Å². The normalized spacial score (nSPS) is 11.7. The Balaban J connectivity index is 2.02. The minimum absolute atomic E-state index is 0.00998. The van der Waals surface area contributed by atoms with E-state index in [0.29, 0.717) is 17.1 Å². The van der Waals surface area contributed by atoms with Crippen molar-refractivity contribution in [3.05, 3.63) is 76.0 Å². The molecule has 5 N–H and O–H groups in total. The van der Waals surface area contributed by atoms with Crippen molar-refractivity contribution in [3.63, 3.8) is 0 Å². The van der Waals surface area contributed by atoms with Gasteiger partial charge in [-0.3, -0.25) is 9.59 Å². The van der Waals surface area contributed by atoms with Gasteiger partial charge in [-0.1, -0.05) is 12.6 Å². The van der Waals surface area contributed by atoms with Crippen molar-refractivity contribution in [2.45, 2.75) is 19.3 Å². The molecule has 4 rings (SSSR count). The van der Waals surface area contributed by atoms with Crippen LogP contribution in [0.4, 0.5) is 0 Å². The molecular weight excluding hydrogens is 536 g/mol. The minimum Gasteiger partial charge on any atom is -0.507 e. The zero-order valence-electron chi connectivity index (χ0n) is 22.4. The highest BCUT2D eigenvalue weighted by Gasteiger charge is 2.30. The van der Waals surface area contributed by atoms with Gasteiger partial charge in [0.25, 0.3) is 0 Å². The van der Waals surface area contributed by atoms with Crippen LogP contribution in [-0.4, -0.2) is 52.3 Å². The molecule has 1 aromatic heterocycles. The van der Waals surface area contributed by atoms with Crippen LogP contribution in [0.1, 0.15) is 30.4 Å². The van der Waals surface area contributed by atoms with Crippen LogP contribution in [-0.2, 0) is 9.53 Å². The van der Waals surface area contributed by atoms with E-state index in [-0.39, 0.29) is 29.7 Å². The molecule has 214 valence electrons. The van der Waals surface area contributed by atoms with Crippen molar-refractivity contribution in [1.82, 2.24) is 0 Å². The lowest BCUT2D eigenvalue weighted by Gasteiger charge is -2.22. The van der Waals surface area contributed by atoms with Gasteiger partial charge < -0.3 is 44.2 Å². The van der Waals surface area contributed by atoms with Crippen LogP contribution in [0, 0.1) is 0 Å². The molecule has 0 radical (unpaired) electrons. The zero-order chi connectivity index (χ0) is 30.0. The molecule has 41 heavy (non-hydrogen) atoms. The number of phenols is 4. The van der Waals surface area contributed by atoms with Crippen molar-refractivity contribution in [3.8, 4) is 51.6 Å². The monoisotopic (exact) mass is 564 g/mol. The average molecular weight is 565 g/mol. The fraction of sp³-hybridized carbons (Fsp3) is 0.200. The first kappa shape index (κ1) is 28.7. The Kier molecular flexibility index (Phi) is 7.99. The van der Waals surface area contributed by atoms with Crippen LogP contribution in [0.3, 0.4) is 0 Å². The van der Waals surface area contributed by atoms with E-state index >= 15 is 0 Å². The molecule has 1 heterocycles. The summed E-state index contributed by atoms with van der Waals surface area (Å²) in [6.45, 7) is 5.83. The highest BCUT2D eigenvalue weighted by Crippen LogP contribution is 2.46. The fourth-order valence-corrected chi connectivity index (χ4v) is 4.40. The summed E-state index contributed by atoms with van der Waals surface area (Å²) in [6.07, 6.45) is -0.334. The van der Waals surface area contributed by atoms with E-state index < -0.39 is 57.2 Å². The standard InChI is InChI=1S/C30H28O11/c1-14(2)13-40-22-8-6-15(10-23(22)38-3)17(11-24(35)39-4)25-20(33)12-21(34)26-27(36)28(37)29(41-30(25)26)16-5-7-18(31)19(32)9-16/h5-10,12,17,31-34,37H,1,11,13H2,2-4H3/t17-/m1/s1. The molecule has 0 aliphatic rings. The Morgan fingerprint density at radius 2 is 1.66 bits per heavy atom. The van der Waals surface area contributed by atoms with E-state index in [9.17, 15) is 35.1 Å². The highest BCUT2D eigenvalue weighted by atomic mass is 16.5. The van der Waals surface area contributed by atoms with Crippen molar-refractivity contribution in [2.75, 3.05) is 20.8 Å². The fourth-order valence-electron chi connectivity index (χ4n) is 4.40. The number of carbonyl (C=O) groups excluding carboxylic acids is 1. The van der Waals surface area contributed by atoms with Gasteiger partial charge in [0, 0.05) is 23.1 Å². The Morgan fingerprint density at radius 3 is 2.29 bits per heavy atom. The molecule has 0 bridgehead atoms. The molecule has 1 atom stereocenters. The maximum Gasteiger partial charge on any atom is 0.306 e. The first-order valence-electron chi connectivity index (χ1n) is 12.3. The lowest BCUT2D eigenvalue weighted by atomic mass is 9.86. The van der Waals surface area contributed by atoms with Gasteiger partial charge in [0.05, 0.1) is 20.6 Å². The molecule has 3 aromatic carbocycles. The topological polar surface area (TPSA) is 176 Å². The second kappa shape index (κ2) is 11.4. The SMILES string of the molecule is C=C(C)COc1ccc([C@@H](CC(=O)OC)c2c(O)cc(O)c3c(=O)c(O)c(-c4ccc(O)c(O)c4)oc23)cc1OC. The molecule has 11 heteroatoms. The molecular formula is C30H28O11. The molecule has 0 aliphatic heterocycles. The van der Waals surface area contributed by atoms with Gasteiger partial charge in [-0.25, -0.2) is 0 Å². The molecule has 0 spiro atoms. The number of aromatic hydroxyl groups is 5. The number of rotatable bonds is 9. The summed E-state index contributed by atoms with van der Waals surface area (Å²) in [6, 6.07) is 9.18. The van der Waals surface area contributed by atoms with Crippen LogP contribution in [0.15, 0.2) is 63.8 Å². The summed E-state index contributed by atoms with van der Waals surface area (Å²) in [5.74, 6) is -4.47. The van der Waals surface area contributed by atoms with Gasteiger partial charge in [-0.2, -0.15) is 0 Å². The Bertz CT molecular complexity index is 1720. The molecule has 0 amide bonds. The number of ether oxygens (including phenoxy) is 3. The number of esters is 1. The van der Waals surface area contributed by atoms with Crippen molar-refractivity contribution < 1.29 is 49.0 Å². The summed E-state index contributed by atoms with van der Waals surface area (Å²) in [5.41, 5.74) is -0.222. The Labute approximate surface area is 233 Å². The van der Waals surface area contributed by atoms with Gasteiger partial charge in [0.2, 0.25) is 11.2 Å². The zero-order valence-corrected chi connectivity index (χ0v) is 22.4. The maximum atomic E-state index is 13.3. The summed E-state index contributed by atoms with van der Waals surface area (Å²) in [5, 5.41) is 51.5. The summed E-state index contributed by atoms with van der Waals surface area (Å²) in [7, 11) is 2.62. The van der Waals surface area contributed by atoms with Crippen LogP contribution in [0.25, 0.3) is 22.3 Å². The van der Waals surface area contributed by atoms with Crippen molar-refractivity contribution in [2.24, 2.45) is 0 Å². The van der Waals surface area contributed by atoms with Crippen molar-refractivity contribution >= 4 is 16.9 Å². The van der Waals surface area contributed by atoms with Gasteiger partial charge in [-0.05, 0) is 48.4 Å². The Morgan fingerprint density at radius 1 is 0.927 bits per heavy atom. The van der Waals surface area contributed by atoms with Gasteiger partial charge in [-0.15, -0.1) is 0 Å². The highest BCUT2D eigenvalue weighted by molar-refractivity contribution is 5.92. The number of hydrogen-bond acceptors (Lipinski definition) is 11. The first-order chi connectivity index (χ1) is 19.5. The van der Waals surface area contributed by atoms with E-state index in [1.807, 2.05) is 0 Å². The number of fused-ring (bicyclic) bond motifs is 1. The van der Waals surface area contributed by atoms with E-state index in [0.717, 1.165) is 23.8 Å². The van der Waals surface area contributed by atoms with Crippen LogP contribution >= 0.6 is 0 Å². The molecule has 4 aromatic rings. The third-order valence-electron chi connectivity index (χ3n) is 6.39. The van der Waals surface area contributed by atoms with Gasteiger partial charge >= 0.3 is 5.97 Å². The second-order valence-electron chi connectivity index (χ2n) is 9.33. The van der Waals surface area contributed by atoms with Crippen LogP contribution in [0.2, 0.25) is 0 Å². The molecule has 0 aliphatic carbocycles. The minimum atomic E-state index is -1.04. The quantitative estimate of drug-likeness (QED) is 0.109. The lowest BCUT2D eigenvalue weighted by Crippen LogP contribution is -2.13. The average Bonchev–Trinajstić information content (AvgIpc) is 2.94. The lowest BCUT2D eigenvalue weighted by molar-refractivity contribution is -0.140. The van der Waals surface area contributed by atoms with Crippen molar-refractivity contribution in [1.29, 1.82) is 0 Å². The Hall–Kier alpha value is -5.32. The predicted molar refractivity (Wildman–Crippen MR) is 148 cm³/mol.